The van der Waals surface area contributed by atoms with E-state index in [1.807, 2.05) is 0 Å². The van der Waals surface area contributed by atoms with Crippen LogP contribution in [0, 0.1) is 16.2 Å². The number of diazo groups is 3. The van der Waals surface area contributed by atoms with Crippen LogP contribution in [-0.2, 0) is 30.4 Å². The predicted molar refractivity (Wildman–Crippen MR) is 255 cm³/mol. The fourth-order valence-electron chi connectivity index (χ4n) is 8.04. The van der Waals surface area contributed by atoms with Crippen LogP contribution in [0.1, 0.15) is 22.6 Å². The first kappa shape index (κ1) is 45.8. The average molecular weight is 992 g/mol. The van der Waals surface area contributed by atoms with Gasteiger partial charge in [-0.3, -0.25) is 0 Å². The molecule has 0 amide bonds. The van der Waals surface area contributed by atoms with Crippen LogP contribution >= 0.6 is 0 Å². The molecule has 0 saturated heterocycles. The summed E-state index contributed by atoms with van der Waals surface area (Å²) in [5, 5.41) is 60.0. The van der Waals surface area contributed by atoms with Crippen LogP contribution in [-0.4, -0.2) is 40.6 Å². The molecule has 21 heteroatoms. The highest BCUT2D eigenvalue weighted by Gasteiger charge is 2.28. The van der Waals surface area contributed by atoms with E-state index in [2.05, 4.69) is 14.9 Å². The van der Waals surface area contributed by atoms with Crippen molar-refractivity contribution in [3.63, 3.8) is 0 Å². The lowest BCUT2D eigenvalue weighted by atomic mass is 9.85. The predicted octanol–water partition coefficient (Wildman–Crippen LogP) is 11.2. The minimum Gasteiger partial charge on any atom is -0.501 e. The molecule has 0 aliphatic rings. The summed E-state index contributed by atoms with van der Waals surface area (Å²) in [6, 6.07) is 38.3. The molecule has 0 aliphatic carbocycles. The van der Waals surface area contributed by atoms with E-state index < -0.39 is 53.5 Å². The van der Waals surface area contributed by atoms with Gasteiger partial charge in [0.25, 0.3) is 0 Å². The molecule has 3 N–H and O–H groups in total. The van der Waals surface area contributed by atoms with Crippen LogP contribution in [0.5, 0.6) is 34.5 Å². The third-order valence-corrected chi connectivity index (χ3v) is 15.2. The first-order valence-corrected chi connectivity index (χ1v) is 24.7. The molecule has 0 heterocycles. The van der Waals surface area contributed by atoms with Crippen molar-refractivity contribution < 1.29 is 53.1 Å². The fraction of sp³-hybridized carbons (Fsp3) is 0.0204. The Bertz CT molecular complexity index is 3680. The molecule has 0 saturated carbocycles. The van der Waals surface area contributed by atoms with E-state index in [0.29, 0.717) is 16.7 Å². The van der Waals surface area contributed by atoms with Crippen molar-refractivity contribution in [3.8, 4) is 34.5 Å². The summed E-state index contributed by atoms with van der Waals surface area (Å²) in [7, 11) is -13.5. The third-order valence-electron chi connectivity index (χ3n) is 11.3. The first-order valence-electron chi connectivity index (χ1n) is 20.5. The van der Waals surface area contributed by atoms with Gasteiger partial charge in [0.05, 0.1) is 0 Å². The molecular weight excluding hydrogens is 961 g/mol. The summed E-state index contributed by atoms with van der Waals surface area (Å²) in [4.78, 5) is 8.24. The maximum atomic E-state index is 13.7. The molecule has 344 valence electrons. The number of nitrogens with zero attached hydrogens (tertiary/aromatic N) is 6. The number of benzene rings is 9. The number of hydrogen-bond donors (Lipinski definition) is 3. The summed E-state index contributed by atoms with van der Waals surface area (Å²) in [5.41, 5.74) is 1.21. The minimum atomic E-state index is -4.51. The van der Waals surface area contributed by atoms with E-state index in [4.69, 9.17) is 12.5 Å². The smallest absolute Gasteiger partial charge is 0.426 e. The Balaban J connectivity index is 1.04. The molecule has 0 bridgehead atoms. The van der Waals surface area contributed by atoms with E-state index in [-0.39, 0.29) is 81.3 Å². The summed E-state index contributed by atoms with van der Waals surface area (Å²) in [6.45, 7) is 0. The number of rotatable bonds is 12. The van der Waals surface area contributed by atoms with E-state index in [9.17, 15) is 56.8 Å². The van der Waals surface area contributed by atoms with Gasteiger partial charge in [-0.05, 0) is 89.5 Å². The lowest BCUT2D eigenvalue weighted by molar-refractivity contribution is 0.482. The SMILES string of the molecule is N#[N+]c1ccc2c(S(=O)(=O)Oc3ccc(C(c4ccc(OS(=O)(=O)c5cccc6c(O)c([N+]#N)ccc56)cc4)c4ccc(OS(=O)(=O)c5cccc6c(O)c([N+]#N)ccc56)cc4)cc3)cccc2c1O. The van der Waals surface area contributed by atoms with Gasteiger partial charge in [0.15, 0.2) is 14.9 Å². The van der Waals surface area contributed by atoms with E-state index >= 15 is 0 Å². The number of phenols is 3. The first-order chi connectivity index (χ1) is 33.5. The van der Waals surface area contributed by atoms with E-state index in [1.165, 1.54) is 127 Å². The summed E-state index contributed by atoms with van der Waals surface area (Å²) in [6.07, 6.45) is 0. The summed E-state index contributed by atoms with van der Waals surface area (Å²) >= 11 is 0. The normalized spacial score (nSPS) is 11.7. The molecule has 0 spiro atoms. The van der Waals surface area contributed by atoms with Crippen molar-refractivity contribution >= 4 is 79.7 Å². The minimum absolute atomic E-state index is 0.0823. The second-order valence-electron chi connectivity index (χ2n) is 15.4. The van der Waals surface area contributed by atoms with Crippen LogP contribution in [0.15, 0.2) is 178 Å². The monoisotopic (exact) mass is 991 g/mol. The Hall–Kier alpha value is -9.33. The van der Waals surface area contributed by atoms with Crippen LogP contribution in [0.3, 0.4) is 0 Å². The lowest BCUT2D eigenvalue weighted by Crippen LogP contribution is -2.11. The van der Waals surface area contributed by atoms with Crippen molar-refractivity contribution in [1.29, 1.82) is 16.2 Å². The maximum absolute atomic E-state index is 13.7. The van der Waals surface area contributed by atoms with Gasteiger partial charge in [-0.2, -0.15) is 25.3 Å². The highest BCUT2D eigenvalue weighted by Crippen LogP contribution is 2.42. The standard InChI is InChI=1S/C49H28N6O12S3/c50-53-40-25-22-34-37(47(40)56)4-1-7-43(34)68(59,60)65-31-16-10-28(11-17-31)46(29-12-18-32(19-13-29)66-69(61,62)44-8-2-5-38-35(44)23-26-41(54-51)48(38)57)30-14-20-33(21-15-30)67-70(63,64)45-9-3-6-39-36(45)24-27-42(55-52)49(39)58/h1-27,46H/p+3. The molecule has 0 fully saturated rings. The van der Waals surface area contributed by atoms with Crippen LogP contribution < -0.4 is 12.5 Å². The van der Waals surface area contributed by atoms with Crippen molar-refractivity contribution in [2.24, 2.45) is 0 Å². The summed E-state index contributed by atoms with van der Waals surface area (Å²) in [5.74, 6) is -2.23. The molecule has 0 radical (unpaired) electrons. The average Bonchev–Trinajstić information content (AvgIpc) is 3.35. The number of hydrogen-bond acceptors (Lipinski definition) is 15. The second kappa shape index (κ2) is 17.7. The quantitative estimate of drug-likeness (QED) is 0.0583. The van der Waals surface area contributed by atoms with E-state index in [1.54, 1.807) is 36.4 Å². The van der Waals surface area contributed by atoms with Crippen molar-refractivity contribution in [2.45, 2.75) is 20.6 Å². The molecular formula is C49H31N6O12S3+3. The van der Waals surface area contributed by atoms with Crippen LogP contribution in [0.25, 0.3) is 47.2 Å². The molecule has 0 atom stereocenters. The Labute approximate surface area is 397 Å². The lowest BCUT2D eigenvalue weighted by Gasteiger charge is -2.20. The Kier molecular flexibility index (Phi) is 11.6. The molecule has 9 aromatic carbocycles. The second-order valence-corrected chi connectivity index (χ2v) is 20.0. The zero-order chi connectivity index (χ0) is 49.5. The van der Waals surface area contributed by atoms with Crippen molar-refractivity contribution in [3.05, 3.63) is 195 Å². The maximum Gasteiger partial charge on any atom is 0.426 e. The van der Waals surface area contributed by atoms with Gasteiger partial charge in [0.1, 0.15) is 31.9 Å². The zero-order valence-electron chi connectivity index (χ0n) is 35.6. The fourth-order valence-corrected chi connectivity index (χ4v) is 11.5. The number of aromatic hydroxyl groups is 3. The molecule has 0 unspecified atom stereocenters. The molecule has 70 heavy (non-hydrogen) atoms. The van der Waals surface area contributed by atoms with Crippen LogP contribution in [0.2, 0.25) is 0 Å². The Morgan fingerprint density at radius 3 is 0.843 bits per heavy atom. The zero-order valence-corrected chi connectivity index (χ0v) is 38.0. The molecule has 9 aromatic rings. The molecule has 0 aliphatic heterocycles. The molecule has 9 rings (SSSR count). The largest absolute Gasteiger partial charge is 0.501 e. The summed E-state index contributed by atoms with van der Waals surface area (Å²) < 4.78 is 98.6. The van der Waals surface area contributed by atoms with E-state index in [0.717, 1.165) is 0 Å². The van der Waals surface area contributed by atoms with Gasteiger partial charge in [0.2, 0.25) is 33.4 Å². The number of phenolic OH excluding ortho intramolecular Hbond substituents is 3. The van der Waals surface area contributed by atoms with Crippen LogP contribution in [0.4, 0.5) is 17.1 Å². The third kappa shape index (κ3) is 8.37. The highest BCUT2D eigenvalue weighted by molar-refractivity contribution is 7.88. The van der Waals surface area contributed by atoms with Crippen molar-refractivity contribution in [1.82, 2.24) is 0 Å². The Morgan fingerprint density at radius 1 is 0.343 bits per heavy atom. The van der Waals surface area contributed by atoms with Gasteiger partial charge < -0.3 is 27.9 Å². The number of fused-ring (bicyclic) bond motifs is 3. The topological polar surface area (TPSA) is 275 Å². The molecule has 0 aromatic heterocycles. The van der Waals surface area contributed by atoms with Gasteiger partial charge in [-0.1, -0.05) is 72.8 Å². The highest BCUT2D eigenvalue weighted by atomic mass is 32.2. The van der Waals surface area contributed by atoms with Gasteiger partial charge >= 0.3 is 47.4 Å². The Morgan fingerprint density at radius 2 is 0.600 bits per heavy atom. The van der Waals surface area contributed by atoms with Crippen molar-refractivity contribution in [2.75, 3.05) is 0 Å². The van der Waals surface area contributed by atoms with Gasteiger partial charge in [-0.15, -0.1) is 0 Å². The van der Waals surface area contributed by atoms with Gasteiger partial charge in [0, 0.05) is 56.4 Å². The molecule has 18 nitrogen and oxygen atoms in total. The van der Waals surface area contributed by atoms with Gasteiger partial charge in [-0.25, -0.2) is 0 Å².